The maximum absolute atomic E-state index is 13.3. The lowest BCUT2D eigenvalue weighted by molar-refractivity contribution is -0.379. The van der Waals surface area contributed by atoms with Gasteiger partial charge >= 0.3 is 0 Å². The van der Waals surface area contributed by atoms with Crippen molar-refractivity contribution in [2.24, 2.45) is 0 Å². The van der Waals surface area contributed by atoms with Crippen LogP contribution in [-0.4, -0.2) is 193 Å². The molecule has 1 amide bonds. The Hall–Kier alpha value is -1.99. The molecule has 0 spiro atoms. The zero-order chi connectivity index (χ0) is 57.6. The second-order valence-corrected chi connectivity index (χ2v) is 22.2. The number of ether oxygens (including phenoxy) is 6. The van der Waals surface area contributed by atoms with Crippen LogP contribution in [0.4, 0.5) is 0 Å². The highest BCUT2D eigenvalue weighted by molar-refractivity contribution is 5.76. The second kappa shape index (κ2) is 43.6. The molecule has 462 valence electrons. The molecule has 0 aromatic carbocycles. The van der Waals surface area contributed by atoms with Crippen molar-refractivity contribution in [2.45, 2.75) is 311 Å². The van der Waals surface area contributed by atoms with Gasteiger partial charge in [0.05, 0.1) is 38.6 Å². The van der Waals surface area contributed by atoms with Crippen LogP contribution in [0.15, 0.2) is 36.5 Å². The first-order valence-corrected chi connectivity index (χ1v) is 30.7. The Labute approximate surface area is 472 Å². The minimum absolute atomic E-state index is 0.235. The molecule has 3 aliphatic heterocycles. The number of allylic oxidation sites excluding steroid dienone is 5. The van der Waals surface area contributed by atoms with Gasteiger partial charge in [0.2, 0.25) is 5.91 Å². The van der Waals surface area contributed by atoms with Crippen molar-refractivity contribution >= 4 is 5.91 Å². The normalized spacial score (nSPS) is 30.5. The van der Waals surface area contributed by atoms with Crippen LogP contribution in [0.2, 0.25) is 0 Å². The van der Waals surface area contributed by atoms with E-state index in [1.165, 1.54) is 135 Å². The van der Waals surface area contributed by atoms with E-state index in [1.807, 2.05) is 19.1 Å². The van der Waals surface area contributed by atoms with E-state index in [0.717, 1.165) is 38.5 Å². The van der Waals surface area contributed by atoms with Crippen LogP contribution in [0, 0.1) is 0 Å². The number of hydrogen-bond acceptors (Lipinski definition) is 18. The van der Waals surface area contributed by atoms with E-state index in [-0.39, 0.29) is 18.9 Å². The van der Waals surface area contributed by atoms with Gasteiger partial charge in [0.25, 0.3) is 0 Å². The van der Waals surface area contributed by atoms with Crippen molar-refractivity contribution in [1.29, 1.82) is 0 Å². The predicted octanol–water partition coefficient (Wildman–Crippen LogP) is 5.71. The van der Waals surface area contributed by atoms with Gasteiger partial charge in [-0.25, -0.2) is 0 Å². The number of hydrogen-bond donors (Lipinski definition) is 12. The molecule has 17 unspecified atom stereocenters. The summed E-state index contributed by atoms with van der Waals surface area (Å²) in [6.45, 7) is 1.46. The SMILES string of the molecule is C/C=C/CC/C=C/CC/C=C/C(O)C(COC1OC(CO)C(OC2OC(CO)C(OC3OC(CO)C(O)C(O)C3O)C(O)C2O)C(O)C1O)NC(=O)CCCCCCCCCCCCCCCCCCCCCCCCCCC. The van der Waals surface area contributed by atoms with Gasteiger partial charge < -0.3 is 89.9 Å². The molecule has 17 atom stereocenters. The number of aliphatic hydroxyl groups is 11. The van der Waals surface area contributed by atoms with Crippen LogP contribution >= 0.6 is 0 Å². The zero-order valence-corrected chi connectivity index (χ0v) is 48.1. The number of aliphatic hydroxyl groups excluding tert-OH is 11. The summed E-state index contributed by atoms with van der Waals surface area (Å²) in [6, 6.07) is -0.991. The molecule has 19 heteroatoms. The third-order valence-corrected chi connectivity index (χ3v) is 15.5. The quantitative estimate of drug-likeness (QED) is 0.0257. The van der Waals surface area contributed by atoms with Crippen LogP contribution < -0.4 is 5.32 Å². The van der Waals surface area contributed by atoms with E-state index >= 15 is 0 Å². The summed E-state index contributed by atoms with van der Waals surface area (Å²) in [5.74, 6) is -0.290. The fourth-order valence-corrected chi connectivity index (χ4v) is 10.5. The average molecular weight is 1130 g/mol. The minimum Gasteiger partial charge on any atom is -0.394 e. The van der Waals surface area contributed by atoms with Gasteiger partial charge in [-0.05, 0) is 39.0 Å². The van der Waals surface area contributed by atoms with Crippen LogP contribution in [0.1, 0.15) is 206 Å². The Morgan fingerprint density at radius 3 is 1.27 bits per heavy atom. The third-order valence-electron chi connectivity index (χ3n) is 15.5. The molecule has 79 heavy (non-hydrogen) atoms. The summed E-state index contributed by atoms with van der Waals surface area (Å²) in [4.78, 5) is 13.3. The maximum Gasteiger partial charge on any atom is 0.220 e. The van der Waals surface area contributed by atoms with Crippen LogP contribution in [0.25, 0.3) is 0 Å². The minimum atomic E-state index is -1.98. The summed E-state index contributed by atoms with van der Waals surface area (Å²) in [7, 11) is 0. The second-order valence-electron chi connectivity index (χ2n) is 22.2. The highest BCUT2D eigenvalue weighted by Gasteiger charge is 2.53. The van der Waals surface area contributed by atoms with Crippen molar-refractivity contribution in [3.8, 4) is 0 Å². The fraction of sp³-hybridized carbons (Fsp3) is 0.883. The highest BCUT2D eigenvalue weighted by Crippen LogP contribution is 2.33. The summed E-state index contributed by atoms with van der Waals surface area (Å²) in [5, 5.41) is 120. The first kappa shape index (κ1) is 71.3. The van der Waals surface area contributed by atoms with E-state index < -0.39 is 124 Å². The first-order chi connectivity index (χ1) is 38.3. The molecule has 12 N–H and O–H groups in total. The van der Waals surface area contributed by atoms with Gasteiger partial charge in [0.15, 0.2) is 18.9 Å². The van der Waals surface area contributed by atoms with Crippen molar-refractivity contribution in [3.05, 3.63) is 36.5 Å². The first-order valence-electron chi connectivity index (χ1n) is 30.7. The predicted molar refractivity (Wildman–Crippen MR) is 300 cm³/mol. The number of nitrogens with one attached hydrogen (secondary N) is 1. The molecule has 3 heterocycles. The van der Waals surface area contributed by atoms with Gasteiger partial charge in [-0.2, -0.15) is 0 Å². The smallest absolute Gasteiger partial charge is 0.220 e. The summed E-state index contributed by atoms with van der Waals surface area (Å²) in [5.41, 5.74) is 0. The standard InChI is InChI=1S/C60H109NO18/c1-3-5-7-9-11-13-14-15-16-17-18-19-20-21-22-23-24-25-26-27-28-30-32-34-36-38-48(66)61-43(44(65)37-35-33-31-29-12-10-8-6-4-2)42-74-58-54(72)51(69)56(46(40-63)76-58)79-60-55(73)52(70)57(47(41-64)77-60)78-59-53(71)50(68)49(67)45(39-62)75-59/h4,6,12,29,35,37,43-47,49-60,62-65,67-73H,3,5,7-11,13-28,30-34,36,38-42H2,1-2H3,(H,61,66)/b6-4+,29-12+,37-35+. The molecular weight excluding hydrogens is 1020 g/mol. The van der Waals surface area contributed by atoms with E-state index in [9.17, 15) is 61.0 Å². The number of carbonyl (C=O) groups is 1. The molecule has 0 radical (unpaired) electrons. The van der Waals surface area contributed by atoms with Gasteiger partial charge in [0.1, 0.15) is 73.2 Å². The summed E-state index contributed by atoms with van der Waals surface area (Å²) < 4.78 is 34.1. The Balaban J connectivity index is 1.41. The van der Waals surface area contributed by atoms with Crippen LogP contribution in [-0.2, 0) is 33.2 Å². The van der Waals surface area contributed by atoms with E-state index in [0.29, 0.717) is 12.8 Å². The van der Waals surface area contributed by atoms with Gasteiger partial charge in [0, 0.05) is 6.42 Å². The molecule has 3 rings (SSSR count). The number of carbonyl (C=O) groups excluding carboxylic acids is 1. The molecule has 3 saturated heterocycles. The molecular formula is C60H109NO18. The van der Waals surface area contributed by atoms with Gasteiger partial charge in [-0.15, -0.1) is 0 Å². The van der Waals surface area contributed by atoms with Gasteiger partial charge in [-0.3, -0.25) is 4.79 Å². The van der Waals surface area contributed by atoms with Crippen molar-refractivity contribution < 1.29 is 89.4 Å². The third kappa shape index (κ3) is 27.5. The molecule has 0 aliphatic carbocycles. The van der Waals surface area contributed by atoms with Crippen LogP contribution in [0.3, 0.4) is 0 Å². The van der Waals surface area contributed by atoms with Crippen molar-refractivity contribution in [3.63, 3.8) is 0 Å². The van der Waals surface area contributed by atoms with Crippen molar-refractivity contribution in [1.82, 2.24) is 5.32 Å². The molecule has 0 aromatic rings. The highest BCUT2D eigenvalue weighted by atomic mass is 16.8. The Morgan fingerprint density at radius 2 is 0.835 bits per heavy atom. The van der Waals surface area contributed by atoms with E-state index in [2.05, 4.69) is 30.5 Å². The largest absolute Gasteiger partial charge is 0.394 e. The van der Waals surface area contributed by atoms with E-state index in [4.69, 9.17) is 28.4 Å². The summed E-state index contributed by atoms with van der Waals surface area (Å²) >= 11 is 0. The Kier molecular flexibility index (Phi) is 39.4. The molecule has 0 saturated carbocycles. The van der Waals surface area contributed by atoms with E-state index in [1.54, 1.807) is 6.08 Å². The maximum atomic E-state index is 13.3. The number of amides is 1. The Morgan fingerprint density at radius 1 is 0.468 bits per heavy atom. The molecule has 0 aromatic heterocycles. The molecule has 19 nitrogen and oxygen atoms in total. The monoisotopic (exact) mass is 1130 g/mol. The topological polar surface area (TPSA) is 307 Å². The Bertz CT molecular complexity index is 1590. The van der Waals surface area contributed by atoms with Gasteiger partial charge in [-0.1, -0.05) is 197 Å². The molecule has 3 fully saturated rings. The number of unbranched alkanes of at least 4 members (excludes halogenated alkanes) is 26. The lowest BCUT2D eigenvalue weighted by atomic mass is 9.96. The number of rotatable bonds is 45. The van der Waals surface area contributed by atoms with Crippen molar-refractivity contribution in [2.75, 3.05) is 26.4 Å². The molecule has 3 aliphatic rings. The molecule has 0 bridgehead atoms. The zero-order valence-electron chi connectivity index (χ0n) is 48.1. The van der Waals surface area contributed by atoms with Crippen LogP contribution in [0.5, 0.6) is 0 Å². The lowest BCUT2D eigenvalue weighted by Crippen LogP contribution is -2.66. The average Bonchev–Trinajstić information content (AvgIpc) is 3.44. The summed E-state index contributed by atoms with van der Waals surface area (Å²) in [6.07, 6.45) is 20.5. The lowest BCUT2D eigenvalue weighted by Gasteiger charge is -2.48. The fourth-order valence-electron chi connectivity index (χ4n) is 10.5.